The molecule has 2 aliphatic rings. The van der Waals surface area contributed by atoms with Crippen LogP contribution in [0.25, 0.3) is 0 Å². The van der Waals surface area contributed by atoms with Gasteiger partial charge < -0.3 is 0 Å². The standard InChI is InChI=1S/2C5H8.H2S/c2*1-2-4-5-3-1;/h2*1-2H,3-5H2;1H2. The maximum absolute atomic E-state index is 2.24. The second kappa shape index (κ2) is 7.93. The summed E-state index contributed by atoms with van der Waals surface area (Å²) in [6.07, 6.45) is 17.0. The minimum absolute atomic E-state index is 0. The summed E-state index contributed by atoms with van der Waals surface area (Å²) in [5.74, 6) is 0. The summed E-state index contributed by atoms with van der Waals surface area (Å²) in [6, 6.07) is 0. The molecule has 1 heteroatoms. The van der Waals surface area contributed by atoms with Crippen LogP contribution in [0.2, 0.25) is 0 Å². The first-order chi connectivity index (χ1) is 5.00. The van der Waals surface area contributed by atoms with Crippen LogP contribution in [-0.2, 0) is 0 Å². The molecule has 0 bridgehead atoms. The Hall–Kier alpha value is -0.170. The fourth-order valence-electron chi connectivity index (χ4n) is 1.18. The van der Waals surface area contributed by atoms with Crippen LogP contribution >= 0.6 is 13.5 Å². The van der Waals surface area contributed by atoms with Gasteiger partial charge in [0.1, 0.15) is 0 Å². The molecule has 0 spiro atoms. The largest absolute Gasteiger partial charge is 0.197 e. The molecule has 0 heterocycles. The molecular formula is C10H18S. The van der Waals surface area contributed by atoms with Crippen LogP contribution in [0.3, 0.4) is 0 Å². The number of allylic oxidation sites excluding steroid dienone is 4. The van der Waals surface area contributed by atoms with E-state index in [2.05, 4.69) is 24.3 Å². The van der Waals surface area contributed by atoms with Crippen molar-refractivity contribution in [1.82, 2.24) is 0 Å². The van der Waals surface area contributed by atoms with Gasteiger partial charge in [0.15, 0.2) is 0 Å². The minimum atomic E-state index is 0. The Bertz CT molecular complexity index is 96.8. The van der Waals surface area contributed by atoms with E-state index in [1.54, 1.807) is 0 Å². The number of rotatable bonds is 0. The summed E-state index contributed by atoms with van der Waals surface area (Å²) in [4.78, 5) is 0. The van der Waals surface area contributed by atoms with E-state index >= 15 is 0 Å². The van der Waals surface area contributed by atoms with Crippen molar-refractivity contribution >= 4 is 13.5 Å². The van der Waals surface area contributed by atoms with E-state index in [0.29, 0.717) is 0 Å². The molecule has 0 aromatic carbocycles. The lowest BCUT2D eigenvalue weighted by Crippen LogP contribution is -1.50. The Morgan fingerprint density at radius 2 is 0.818 bits per heavy atom. The summed E-state index contributed by atoms with van der Waals surface area (Å²) >= 11 is 0. The van der Waals surface area contributed by atoms with Gasteiger partial charge in [0.25, 0.3) is 0 Å². The summed E-state index contributed by atoms with van der Waals surface area (Å²) in [7, 11) is 0. The third-order valence-corrected chi connectivity index (χ3v) is 1.82. The van der Waals surface area contributed by atoms with Gasteiger partial charge >= 0.3 is 0 Å². The van der Waals surface area contributed by atoms with Crippen LogP contribution in [0.5, 0.6) is 0 Å². The molecule has 0 aliphatic heterocycles. The van der Waals surface area contributed by atoms with Gasteiger partial charge in [-0.1, -0.05) is 24.3 Å². The van der Waals surface area contributed by atoms with Gasteiger partial charge in [-0.05, 0) is 38.5 Å². The van der Waals surface area contributed by atoms with E-state index in [-0.39, 0.29) is 13.5 Å². The highest BCUT2D eigenvalue weighted by molar-refractivity contribution is 7.59. The van der Waals surface area contributed by atoms with Gasteiger partial charge in [-0.25, -0.2) is 0 Å². The van der Waals surface area contributed by atoms with E-state index in [4.69, 9.17) is 0 Å². The maximum atomic E-state index is 2.24. The second-order valence-electron chi connectivity index (χ2n) is 2.80. The van der Waals surface area contributed by atoms with Gasteiger partial charge in [0.2, 0.25) is 0 Å². The van der Waals surface area contributed by atoms with Crippen LogP contribution < -0.4 is 0 Å². The fraction of sp³-hybridized carbons (Fsp3) is 0.600. The van der Waals surface area contributed by atoms with E-state index < -0.39 is 0 Å². The van der Waals surface area contributed by atoms with Gasteiger partial charge in [0.05, 0.1) is 0 Å². The molecule has 0 radical (unpaired) electrons. The molecule has 0 aromatic rings. The molecule has 11 heavy (non-hydrogen) atoms. The molecule has 0 saturated carbocycles. The smallest absolute Gasteiger partial charge is 0.0348 e. The molecule has 0 aromatic heterocycles. The molecule has 2 rings (SSSR count). The highest BCUT2D eigenvalue weighted by atomic mass is 32.1. The van der Waals surface area contributed by atoms with Crippen molar-refractivity contribution in [2.24, 2.45) is 0 Å². The van der Waals surface area contributed by atoms with Gasteiger partial charge in [-0.3, -0.25) is 0 Å². The van der Waals surface area contributed by atoms with Crippen molar-refractivity contribution in [2.45, 2.75) is 38.5 Å². The predicted octanol–water partition coefficient (Wildman–Crippen LogP) is 3.57. The second-order valence-corrected chi connectivity index (χ2v) is 2.80. The molecule has 0 nitrogen and oxygen atoms in total. The number of hydrogen-bond donors (Lipinski definition) is 0. The quantitative estimate of drug-likeness (QED) is 0.488. The van der Waals surface area contributed by atoms with E-state index in [1.807, 2.05) is 0 Å². The molecule has 0 amide bonds. The lowest BCUT2D eigenvalue weighted by Gasteiger charge is -1.69. The highest BCUT2D eigenvalue weighted by Gasteiger charge is 1.85. The maximum Gasteiger partial charge on any atom is -0.0348 e. The van der Waals surface area contributed by atoms with Crippen molar-refractivity contribution in [1.29, 1.82) is 0 Å². The molecule has 0 N–H and O–H groups in total. The Morgan fingerprint density at radius 3 is 0.909 bits per heavy atom. The zero-order chi connectivity index (χ0) is 7.07. The van der Waals surface area contributed by atoms with Crippen molar-refractivity contribution < 1.29 is 0 Å². The monoisotopic (exact) mass is 170 g/mol. The van der Waals surface area contributed by atoms with Crippen molar-refractivity contribution in [3.63, 3.8) is 0 Å². The zero-order valence-corrected chi connectivity index (χ0v) is 8.05. The first-order valence-corrected chi connectivity index (χ1v) is 4.30. The summed E-state index contributed by atoms with van der Waals surface area (Å²) in [6.45, 7) is 0. The van der Waals surface area contributed by atoms with Gasteiger partial charge in [0, 0.05) is 0 Å². The average molecular weight is 170 g/mol. The molecule has 0 unspecified atom stereocenters. The molecular weight excluding hydrogens is 152 g/mol. The van der Waals surface area contributed by atoms with Crippen LogP contribution in [-0.4, -0.2) is 0 Å². The molecule has 0 fully saturated rings. The van der Waals surface area contributed by atoms with Crippen LogP contribution in [0.1, 0.15) is 38.5 Å². The Morgan fingerprint density at radius 1 is 0.545 bits per heavy atom. The summed E-state index contributed by atoms with van der Waals surface area (Å²) < 4.78 is 0. The third kappa shape index (κ3) is 6.24. The molecule has 0 saturated heterocycles. The summed E-state index contributed by atoms with van der Waals surface area (Å²) in [5.41, 5.74) is 0. The Balaban J connectivity index is 0.000000167. The normalized spacial score (nSPS) is 18.9. The predicted molar refractivity (Wildman–Crippen MR) is 56.4 cm³/mol. The molecule has 64 valence electrons. The first-order valence-electron chi connectivity index (χ1n) is 4.30. The van der Waals surface area contributed by atoms with Crippen molar-refractivity contribution in [3.8, 4) is 0 Å². The Kier molecular flexibility index (Phi) is 7.81. The zero-order valence-electron chi connectivity index (χ0n) is 7.05. The highest BCUT2D eigenvalue weighted by Crippen LogP contribution is 2.05. The number of hydrogen-bond acceptors (Lipinski definition) is 0. The van der Waals surface area contributed by atoms with Crippen molar-refractivity contribution in [3.05, 3.63) is 24.3 Å². The first kappa shape index (κ1) is 10.8. The lowest BCUT2D eigenvalue weighted by atomic mass is 10.4. The topological polar surface area (TPSA) is 0 Å². The minimum Gasteiger partial charge on any atom is -0.197 e. The van der Waals surface area contributed by atoms with Crippen LogP contribution in [0.4, 0.5) is 0 Å². The molecule has 2 aliphatic carbocycles. The SMILES string of the molecule is C1=CCCC1.C1=CCCC1.S. The van der Waals surface area contributed by atoms with Crippen molar-refractivity contribution in [2.75, 3.05) is 0 Å². The van der Waals surface area contributed by atoms with Crippen LogP contribution in [0, 0.1) is 0 Å². The fourth-order valence-corrected chi connectivity index (χ4v) is 1.18. The molecule has 0 atom stereocenters. The van der Waals surface area contributed by atoms with E-state index in [1.165, 1.54) is 38.5 Å². The van der Waals surface area contributed by atoms with Gasteiger partial charge in [-0.15, -0.1) is 0 Å². The lowest BCUT2D eigenvalue weighted by molar-refractivity contribution is 0.929. The van der Waals surface area contributed by atoms with Gasteiger partial charge in [-0.2, -0.15) is 13.5 Å². The van der Waals surface area contributed by atoms with E-state index in [0.717, 1.165) is 0 Å². The van der Waals surface area contributed by atoms with Crippen LogP contribution in [0.15, 0.2) is 24.3 Å². The Labute approximate surface area is 76.8 Å². The van der Waals surface area contributed by atoms with E-state index in [9.17, 15) is 0 Å². The third-order valence-electron chi connectivity index (χ3n) is 1.82. The average Bonchev–Trinajstić information content (AvgIpc) is 2.67. The summed E-state index contributed by atoms with van der Waals surface area (Å²) in [5, 5.41) is 0.